The van der Waals surface area contributed by atoms with Gasteiger partial charge in [0.15, 0.2) is 0 Å². The molecule has 1 fully saturated rings. The van der Waals surface area contributed by atoms with Crippen molar-refractivity contribution in [1.29, 1.82) is 0 Å². The van der Waals surface area contributed by atoms with Crippen LogP contribution in [0.15, 0.2) is 52.3 Å². The fourth-order valence-corrected chi connectivity index (χ4v) is 5.94. The molecule has 10 nitrogen and oxygen atoms in total. The standard InChI is InChI=1S/C22H27N3O7S/c1-22(23,25-13-5-8-18(25)21(27)32-3)17-7-4-6-16(20(26)24-28)19(17)33(29,30)15-11-9-14(31-2)10-12-15/h4,6-7,9-12,18,28H,5,8,13,23H2,1-3H3,(H,24,26)/t18-,22?/m0/s1. The number of hydrogen-bond acceptors (Lipinski definition) is 9. The zero-order chi connectivity index (χ0) is 24.4. The van der Waals surface area contributed by atoms with Gasteiger partial charge >= 0.3 is 5.97 Å². The first-order valence-corrected chi connectivity index (χ1v) is 11.7. The van der Waals surface area contributed by atoms with Gasteiger partial charge in [0.05, 0.1) is 35.2 Å². The molecule has 0 bridgehead atoms. The van der Waals surface area contributed by atoms with Crippen LogP contribution in [0, 0.1) is 0 Å². The molecule has 33 heavy (non-hydrogen) atoms. The highest BCUT2D eigenvalue weighted by Crippen LogP contribution is 2.38. The number of carbonyl (C=O) groups is 2. The molecule has 4 N–H and O–H groups in total. The third-order valence-corrected chi connectivity index (χ3v) is 7.74. The number of likely N-dealkylation sites (tertiary alicyclic amines) is 1. The van der Waals surface area contributed by atoms with E-state index in [1.165, 1.54) is 62.2 Å². The average Bonchev–Trinajstić information content (AvgIpc) is 3.33. The van der Waals surface area contributed by atoms with Gasteiger partial charge in [-0.2, -0.15) is 0 Å². The lowest BCUT2D eigenvalue weighted by atomic mass is 9.96. The fourth-order valence-electron chi connectivity index (χ4n) is 4.20. The van der Waals surface area contributed by atoms with Crippen molar-refractivity contribution < 1.29 is 32.7 Å². The predicted molar refractivity (Wildman–Crippen MR) is 117 cm³/mol. The Hall–Kier alpha value is -2.99. The summed E-state index contributed by atoms with van der Waals surface area (Å²) in [5.41, 5.74) is 6.56. The summed E-state index contributed by atoms with van der Waals surface area (Å²) in [4.78, 5) is 26.0. The van der Waals surface area contributed by atoms with E-state index < -0.39 is 33.4 Å². The second-order valence-electron chi connectivity index (χ2n) is 7.82. The topological polar surface area (TPSA) is 148 Å². The van der Waals surface area contributed by atoms with Gasteiger partial charge in [-0.05, 0) is 50.1 Å². The monoisotopic (exact) mass is 477 g/mol. The number of nitrogens with zero attached hydrogens (tertiary/aromatic N) is 1. The minimum absolute atomic E-state index is 0.0931. The second-order valence-corrected chi connectivity index (χ2v) is 9.71. The summed E-state index contributed by atoms with van der Waals surface area (Å²) >= 11 is 0. The maximum Gasteiger partial charge on any atom is 0.323 e. The maximum absolute atomic E-state index is 13.8. The predicted octanol–water partition coefficient (Wildman–Crippen LogP) is 1.42. The van der Waals surface area contributed by atoms with E-state index in [2.05, 4.69) is 0 Å². The zero-order valence-corrected chi connectivity index (χ0v) is 19.4. The Balaban J connectivity index is 2.25. The first-order valence-electron chi connectivity index (χ1n) is 10.2. The minimum atomic E-state index is -4.29. The first kappa shape index (κ1) is 24.6. The van der Waals surface area contributed by atoms with Crippen molar-refractivity contribution in [2.75, 3.05) is 20.8 Å². The molecular formula is C22H27N3O7S. The van der Waals surface area contributed by atoms with Crippen molar-refractivity contribution in [2.24, 2.45) is 5.73 Å². The highest BCUT2D eigenvalue weighted by molar-refractivity contribution is 7.91. The van der Waals surface area contributed by atoms with Crippen LogP contribution >= 0.6 is 0 Å². The lowest BCUT2D eigenvalue weighted by Gasteiger charge is -2.40. The van der Waals surface area contributed by atoms with Gasteiger partial charge in [-0.1, -0.05) is 12.1 Å². The van der Waals surface area contributed by atoms with Gasteiger partial charge in [0.1, 0.15) is 11.8 Å². The van der Waals surface area contributed by atoms with Crippen LogP contribution in [0.25, 0.3) is 0 Å². The van der Waals surface area contributed by atoms with Gasteiger partial charge < -0.3 is 15.2 Å². The van der Waals surface area contributed by atoms with Crippen LogP contribution in [-0.4, -0.2) is 57.2 Å². The highest BCUT2D eigenvalue weighted by Gasteiger charge is 2.45. The number of nitrogens with two attached hydrogens (primary N) is 1. The third-order valence-electron chi connectivity index (χ3n) is 5.87. The number of benzene rings is 2. The van der Waals surface area contributed by atoms with E-state index in [-0.39, 0.29) is 20.9 Å². The van der Waals surface area contributed by atoms with Crippen molar-refractivity contribution in [2.45, 2.75) is 41.3 Å². The summed E-state index contributed by atoms with van der Waals surface area (Å²) in [6.07, 6.45) is 1.15. The highest BCUT2D eigenvalue weighted by atomic mass is 32.2. The molecule has 178 valence electrons. The average molecular weight is 478 g/mol. The number of nitrogens with one attached hydrogen (secondary N) is 1. The van der Waals surface area contributed by atoms with Crippen LogP contribution in [0.1, 0.15) is 35.7 Å². The van der Waals surface area contributed by atoms with Crippen LogP contribution in [0.4, 0.5) is 0 Å². The third kappa shape index (κ3) is 4.44. The molecule has 1 unspecified atom stereocenters. The molecular weight excluding hydrogens is 450 g/mol. The Morgan fingerprint density at radius 2 is 1.85 bits per heavy atom. The molecule has 1 heterocycles. The molecule has 1 aliphatic heterocycles. The molecule has 0 aromatic heterocycles. The molecule has 11 heteroatoms. The number of ether oxygens (including phenoxy) is 2. The quantitative estimate of drug-likeness (QED) is 0.306. The first-order chi connectivity index (χ1) is 15.6. The summed E-state index contributed by atoms with van der Waals surface area (Å²) in [7, 11) is -1.56. The minimum Gasteiger partial charge on any atom is -0.497 e. The summed E-state index contributed by atoms with van der Waals surface area (Å²) < 4.78 is 37.5. The van der Waals surface area contributed by atoms with Gasteiger partial charge in [0.2, 0.25) is 9.84 Å². The van der Waals surface area contributed by atoms with Crippen molar-refractivity contribution in [3.8, 4) is 5.75 Å². The van der Waals surface area contributed by atoms with Gasteiger partial charge in [-0.25, -0.2) is 13.9 Å². The van der Waals surface area contributed by atoms with E-state index in [9.17, 15) is 23.2 Å². The van der Waals surface area contributed by atoms with E-state index in [0.717, 1.165) is 0 Å². The van der Waals surface area contributed by atoms with E-state index in [1.54, 1.807) is 11.8 Å². The summed E-state index contributed by atoms with van der Waals surface area (Å²) in [6.45, 7) is 2.00. The molecule has 2 atom stereocenters. The summed E-state index contributed by atoms with van der Waals surface area (Å²) in [5, 5.41) is 9.26. The summed E-state index contributed by atoms with van der Waals surface area (Å²) in [5.74, 6) is -1.03. The van der Waals surface area contributed by atoms with Crippen LogP contribution in [0.5, 0.6) is 5.75 Å². The second kappa shape index (κ2) is 9.48. The molecule has 0 saturated carbocycles. The van der Waals surface area contributed by atoms with Crippen LogP contribution in [0.2, 0.25) is 0 Å². The van der Waals surface area contributed by atoms with E-state index in [0.29, 0.717) is 25.1 Å². The maximum atomic E-state index is 13.8. The molecule has 1 amide bonds. The lowest BCUT2D eigenvalue weighted by Crippen LogP contribution is -2.55. The summed E-state index contributed by atoms with van der Waals surface area (Å²) in [6, 6.07) is 9.26. The van der Waals surface area contributed by atoms with Crippen molar-refractivity contribution in [3.05, 3.63) is 53.6 Å². The molecule has 0 radical (unpaired) electrons. The number of sulfone groups is 1. The molecule has 1 saturated heterocycles. The van der Waals surface area contributed by atoms with Gasteiger partial charge in [-0.3, -0.25) is 19.7 Å². The zero-order valence-electron chi connectivity index (χ0n) is 18.6. The van der Waals surface area contributed by atoms with Crippen molar-refractivity contribution in [3.63, 3.8) is 0 Å². The Morgan fingerprint density at radius 3 is 2.42 bits per heavy atom. The van der Waals surface area contributed by atoms with E-state index >= 15 is 0 Å². The number of amides is 1. The molecule has 3 rings (SSSR count). The molecule has 2 aromatic rings. The van der Waals surface area contributed by atoms with Crippen molar-refractivity contribution >= 4 is 21.7 Å². The largest absolute Gasteiger partial charge is 0.497 e. The van der Waals surface area contributed by atoms with Crippen molar-refractivity contribution in [1.82, 2.24) is 10.4 Å². The Bertz CT molecular complexity index is 1150. The lowest BCUT2D eigenvalue weighted by molar-refractivity contribution is -0.148. The number of rotatable bonds is 7. The van der Waals surface area contributed by atoms with Crippen LogP contribution in [-0.2, 0) is 25.0 Å². The Kier molecular flexibility index (Phi) is 7.08. The van der Waals surface area contributed by atoms with Crippen LogP contribution in [0.3, 0.4) is 0 Å². The molecule has 2 aromatic carbocycles. The van der Waals surface area contributed by atoms with Crippen LogP contribution < -0.4 is 16.0 Å². The molecule has 1 aliphatic rings. The number of methoxy groups -OCH3 is 2. The SMILES string of the molecule is COC(=O)[C@@H]1CCCN1C(C)(N)c1cccc(C(=O)NO)c1S(=O)(=O)c1ccc(OC)cc1. The van der Waals surface area contributed by atoms with Gasteiger partial charge in [0.25, 0.3) is 5.91 Å². The van der Waals surface area contributed by atoms with E-state index in [4.69, 9.17) is 15.2 Å². The van der Waals surface area contributed by atoms with Gasteiger partial charge in [-0.15, -0.1) is 0 Å². The number of esters is 1. The number of hydrogen-bond donors (Lipinski definition) is 3. The molecule has 0 aliphatic carbocycles. The van der Waals surface area contributed by atoms with E-state index in [1.807, 2.05) is 0 Å². The smallest absolute Gasteiger partial charge is 0.323 e. The fraction of sp³-hybridized carbons (Fsp3) is 0.364. The Morgan fingerprint density at radius 1 is 1.18 bits per heavy atom. The number of hydroxylamine groups is 1. The Labute approximate surface area is 192 Å². The van der Waals surface area contributed by atoms with Gasteiger partial charge in [0, 0.05) is 12.1 Å². The molecule has 0 spiro atoms. The normalized spacial score (nSPS) is 18.4. The number of carbonyl (C=O) groups excluding carboxylic acids is 2.